The SMILES string of the molecule is C.C.CCCCCCCCCCCCC(=O)O.Cc1cc(C(=O)O)c(O)c([N+](=O)[O-])c1.Cc1cc(C(=O)O)c(O)c([N+](=O)[O-])c1.Cc1cc(C(=O)O)ccc1O.Cc1ccc(C(=O)O)cc1.O=C(O)c1cccc(O)c1.O=C(O)c1ccccc1O. The highest BCUT2D eigenvalue weighted by Crippen LogP contribution is 2.32. The molecule has 0 saturated heterocycles. The van der Waals surface area contributed by atoms with Gasteiger partial charge >= 0.3 is 53.2 Å². The van der Waals surface area contributed by atoms with Crippen LogP contribution in [-0.2, 0) is 4.79 Å². The summed E-state index contributed by atoms with van der Waals surface area (Å²) in [7, 11) is 0. The molecule has 25 nitrogen and oxygen atoms in total. The van der Waals surface area contributed by atoms with Crippen molar-refractivity contribution in [1.82, 2.24) is 0 Å². The molecule has 0 heterocycles. The van der Waals surface area contributed by atoms with Gasteiger partial charge in [0.2, 0.25) is 11.5 Å². The number of nitrogens with zero attached hydrogens (tertiary/aromatic N) is 2. The van der Waals surface area contributed by atoms with Crippen LogP contribution in [0.4, 0.5) is 11.4 Å². The largest absolute Gasteiger partial charge is 0.508 e. The summed E-state index contributed by atoms with van der Waals surface area (Å²) in [5.41, 5.74) is 0.917. The number of para-hydroxylation sites is 1. The Kier molecular flexibility index (Phi) is 39.1. The van der Waals surface area contributed by atoms with E-state index in [2.05, 4.69) is 6.92 Å². The topological polar surface area (TPSA) is 449 Å². The van der Waals surface area contributed by atoms with Gasteiger partial charge in [0.15, 0.2) is 0 Å². The number of aromatic hydroxyl groups is 5. The number of carboxylic acids is 7. The van der Waals surface area contributed by atoms with Gasteiger partial charge in [0.05, 0.1) is 26.5 Å². The van der Waals surface area contributed by atoms with Crippen LogP contribution < -0.4 is 0 Å². The Morgan fingerprint density at radius 3 is 1.13 bits per heavy atom. The van der Waals surface area contributed by atoms with E-state index in [9.17, 15) is 64.0 Å². The number of hydrogen-bond acceptors (Lipinski definition) is 16. The number of benzene rings is 6. The summed E-state index contributed by atoms with van der Waals surface area (Å²) in [4.78, 5) is 91.7. The molecule has 6 rings (SSSR count). The number of aryl methyl sites for hydroxylation is 4. The first-order valence-electron chi connectivity index (χ1n) is 25.4. The van der Waals surface area contributed by atoms with Crippen molar-refractivity contribution in [2.24, 2.45) is 0 Å². The molecule has 86 heavy (non-hydrogen) atoms. The monoisotopic (exact) mass is 1200 g/mol. The molecule has 0 bridgehead atoms. The summed E-state index contributed by atoms with van der Waals surface area (Å²) in [6, 6.07) is 26.8. The van der Waals surface area contributed by atoms with E-state index in [1.807, 2.05) is 6.92 Å². The second-order valence-corrected chi connectivity index (χ2v) is 18.0. The zero-order chi connectivity index (χ0) is 64.2. The van der Waals surface area contributed by atoms with Crippen molar-refractivity contribution >= 4 is 53.2 Å². The van der Waals surface area contributed by atoms with E-state index in [0.29, 0.717) is 28.7 Å². The summed E-state index contributed by atoms with van der Waals surface area (Å²) in [5, 5.41) is 125. The predicted molar refractivity (Wildman–Crippen MR) is 319 cm³/mol. The minimum atomic E-state index is -1.39. The maximum absolute atomic E-state index is 10.6. The van der Waals surface area contributed by atoms with Gasteiger partial charge in [-0.2, -0.15) is 0 Å². The average Bonchev–Trinajstić information content (AvgIpc) is 2.91. The highest BCUT2D eigenvalue weighted by molar-refractivity contribution is 5.94. The van der Waals surface area contributed by atoms with E-state index in [1.165, 1.54) is 132 Å². The van der Waals surface area contributed by atoms with E-state index in [0.717, 1.165) is 30.5 Å². The summed E-state index contributed by atoms with van der Waals surface area (Å²) >= 11 is 0. The second kappa shape index (κ2) is 42.3. The highest BCUT2D eigenvalue weighted by atomic mass is 16.6. The lowest BCUT2D eigenvalue weighted by molar-refractivity contribution is -0.386. The molecule has 25 heteroatoms. The fourth-order valence-electron chi connectivity index (χ4n) is 6.67. The number of rotatable bonds is 19. The number of phenolic OH excluding ortho intramolecular Hbond substituents is 2. The summed E-state index contributed by atoms with van der Waals surface area (Å²) in [6.45, 7) is 8.84. The number of carboxylic acid groups (broad SMARTS) is 7. The molecule has 0 unspecified atom stereocenters. The van der Waals surface area contributed by atoms with Gasteiger partial charge in [-0.1, -0.05) is 115 Å². The molecule has 12 N–H and O–H groups in total. The summed E-state index contributed by atoms with van der Waals surface area (Å²) < 4.78 is 0. The lowest BCUT2D eigenvalue weighted by Crippen LogP contribution is -2.00. The molecule has 0 saturated carbocycles. The van der Waals surface area contributed by atoms with Crippen LogP contribution in [0.15, 0.2) is 115 Å². The lowest BCUT2D eigenvalue weighted by Gasteiger charge is -2.01. The quantitative estimate of drug-likeness (QED) is 0.0204. The zero-order valence-electron chi connectivity index (χ0n) is 46.5. The molecule has 0 aliphatic rings. The zero-order valence-corrected chi connectivity index (χ0v) is 46.5. The standard InChI is InChI=1S/C13H26O2.2C8H7NO5.C8H8O3.C8H8O2.2C7H6O3.2CH4/c1-2-3-4-5-6-7-8-9-10-11-12-13(14)15;2*1-4-2-5(8(11)12)7(10)6(3-4)9(13)14;1-5-4-6(8(10)11)2-3-7(5)9;1-6-2-4-7(5-3-6)8(9)10;8-6-3-1-2-5(4-6)7(9)10;8-6-4-2-1-3-5(6)7(9)10;;/h2-12H2,1H3,(H,14,15);2*2-3,10H,1H3,(H,11,12);2-4,9H,1H3,(H,10,11);2-5H,1H3,(H,9,10);2*1-4,8H,(H,9,10);2*1H4. The molecule has 6 aromatic rings. The van der Waals surface area contributed by atoms with Crippen LogP contribution in [0.5, 0.6) is 28.7 Å². The van der Waals surface area contributed by atoms with Crippen LogP contribution in [0, 0.1) is 47.9 Å². The molecule has 0 aliphatic carbocycles. The molecule has 0 amide bonds. The Morgan fingerprint density at radius 2 is 0.791 bits per heavy atom. The minimum absolute atomic E-state index is 0. The van der Waals surface area contributed by atoms with E-state index in [4.69, 9.17) is 51.1 Å². The van der Waals surface area contributed by atoms with Crippen molar-refractivity contribution in [3.8, 4) is 28.7 Å². The molecule has 0 fully saturated rings. The molecule has 468 valence electrons. The van der Waals surface area contributed by atoms with Crippen molar-refractivity contribution in [1.29, 1.82) is 0 Å². The number of hydrogen-bond donors (Lipinski definition) is 12. The molecule has 0 aliphatic heterocycles. The normalized spacial score (nSPS) is 9.45. The highest BCUT2D eigenvalue weighted by Gasteiger charge is 2.23. The van der Waals surface area contributed by atoms with Gasteiger partial charge < -0.3 is 61.3 Å². The Morgan fingerprint density at radius 1 is 0.395 bits per heavy atom. The number of unbranched alkanes of at least 4 members (excludes halogenated alkanes) is 9. The van der Waals surface area contributed by atoms with Crippen molar-refractivity contribution < 1.29 is 105 Å². The van der Waals surface area contributed by atoms with Gasteiger partial charge in [0.25, 0.3) is 0 Å². The smallest absolute Gasteiger partial charge is 0.339 e. The van der Waals surface area contributed by atoms with Crippen molar-refractivity contribution in [2.75, 3.05) is 0 Å². The Hall–Kier alpha value is -10.6. The Labute approximate surface area is 496 Å². The number of aliphatic carboxylic acids is 1. The Bertz CT molecular complexity index is 3030. The number of aromatic carboxylic acids is 6. The number of phenols is 5. The molecule has 0 spiro atoms. The first-order valence-corrected chi connectivity index (χ1v) is 25.4. The number of nitro benzene ring substituents is 2. The first kappa shape index (κ1) is 79.6. The van der Waals surface area contributed by atoms with E-state index in [-0.39, 0.29) is 48.8 Å². The average molecular weight is 1210 g/mol. The van der Waals surface area contributed by atoms with Crippen LogP contribution in [0.25, 0.3) is 0 Å². The minimum Gasteiger partial charge on any atom is -0.508 e. The second-order valence-electron chi connectivity index (χ2n) is 18.0. The third kappa shape index (κ3) is 32.2. The van der Waals surface area contributed by atoms with Gasteiger partial charge in [-0.15, -0.1) is 0 Å². The van der Waals surface area contributed by atoms with Crippen LogP contribution in [-0.4, -0.2) is 113 Å². The number of nitro groups is 2. The maximum atomic E-state index is 10.6. The molecule has 6 aromatic carbocycles. The van der Waals surface area contributed by atoms with Gasteiger partial charge in [-0.3, -0.25) is 25.0 Å². The molecular formula is C61H76N2O23. The predicted octanol–water partition coefficient (Wildman–Crippen LogP) is 13.5. The van der Waals surface area contributed by atoms with Gasteiger partial charge in [-0.25, -0.2) is 28.8 Å². The van der Waals surface area contributed by atoms with E-state index in [1.54, 1.807) is 43.3 Å². The van der Waals surface area contributed by atoms with Crippen LogP contribution in [0.3, 0.4) is 0 Å². The van der Waals surface area contributed by atoms with Crippen LogP contribution in [0.1, 0.15) is 177 Å². The fourth-order valence-corrected chi connectivity index (χ4v) is 6.67. The van der Waals surface area contributed by atoms with Gasteiger partial charge in [0, 0.05) is 18.6 Å². The van der Waals surface area contributed by atoms with Crippen LogP contribution in [0.2, 0.25) is 0 Å². The van der Waals surface area contributed by atoms with Gasteiger partial charge in [-0.05, 0) is 124 Å². The fraction of sp³-hybridized carbons (Fsp3) is 0.295. The van der Waals surface area contributed by atoms with Crippen molar-refractivity contribution in [2.45, 2.75) is 120 Å². The van der Waals surface area contributed by atoms with Crippen LogP contribution >= 0.6 is 0 Å². The Balaban J connectivity index is -0.000000936. The van der Waals surface area contributed by atoms with Gasteiger partial charge in [0.1, 0.15) is 33.9 Å². The molecule has 0 atom stereocenters. The maximum Gasteiger partial charge on any atom is 0.339 e. The van der Waals surface area contributed by atoms with E-state index >= 15 is 0 Å². The summed E-state index contributed by atoms with van der Waals surface area (Å²) in [6.07, 6.45) is 12.9. The van der Waals surface area contributed by atoms with Crippen molar-refractivity contribution in [3.05, 3.63) is 191 Å². The first-order chi connectivity index (χ1) is 39.4. The lowest BCUT2D eigenvalue weighted by atomic mass is 10.1. The molecule has 0 aromatic heterocycles. The van der Waals surface area contributed by atoms with Crippen molar-refractivity contribution in [3.63, 3.8) is 0 Å². The third-order valence-electron chi connectivity index (χ3n) is 11.0. The molecule has 0 radical (unpaired) electrons. The van der Waals surface area contributed by atoms with E-state index < -0.39 is 85.6 Å². The molecular weight excluding hydrogens is 1130 g/mol. The summed E-state index contributed by atoms with van der Waals surface area (Å²) in [5.74, 6) is -9.17. The third-order valence-corrected chi connectivity index (χ3v) is 11.0. The number of carbonyl (C=O) groups is 7.